The highest BCUT2D eigenvalue weighted by Crippen LogP contribution is 2.27. The number of sulfonamides is 1. The molecule has 0 bridgehead atoms. The molecule has 7 heteroatoms. The van der Waals surface area contributed by atoms with Gasteiger partial charge in [0.1, 0.15) is 4.90 Å². The topological polar surface area (TPSA) is 55.2 Å². The Bertz CT molecular complexity index is 588. The fourth-order valence-electron chi connectivity index (χ4n) is 2.80. The highest BCUT2D eigenvalue weighted by molar-refractivity contribution is 7.98. The molecule has 0 spiro atoms. The van der Waals surface area contributed by atoms with Crippen LogP contribution in [0.25, 0.3) is 0 Å². The average Bonchev–Trinajstić information content (AvgIpc) is 2.72. The SMILES string of the molecule is CSCCn1nc(C)c(S(=O)(=O)N2CCC(C)CC2)c1C. The van der Waals surface area contributed by atoms with Crippen LogP contribution in [0, 0.1) is 19.8 Å². The maximum Gasteiger partial charge on any atom is 0.246 e. The first-order valence-electron chi connectivity index (χ1n) is 7.41. The molecule has 1 aliphatic heterocycles. The van der Waals surface area contributed by atoms with E-state index in [-0.39, 0.29) is 0 Å². The fraction of sp³-hybridized carbons (Fsp3) is 0.786. The number of rotatable bonds is 5. The van der Waals surface area contributed by atoms with Crippen molar-refractivity contribution in [2.24, 2.45) is 5.92 Å². The number of thioether (sulfide) groups is 1. The van der Waals surface area contributed by atoms with Gasteiger partial charge in [-0.1, -0.05) is 6.92 Å². The monoisotopic (exact) mass is 331 g/mol. The van der Waals surface area contributed by atoms with Gasteiger partial charge in [-0.2, -0.15) is 21.2 Å². The molecule has 0 amide bonds. The Morgan fingerprint density at radius 2 is 1.90 bits per heavy atom. The van der Waals surface area contributed by atoms with E-state index in [1.807, 2.05) is 17.9 Å². The zero-order valence-corrected chi connectivity index (χ0v) is 14.9. The summed E-state index contributed by atoms with van der Waals surface area (Å²) in [6.45, 7) is 7.83. The number of hydrogen-bond donors (Lipinski definition) is 0. The van der Waals surface area contributed by atoms with Crippen molar-refractivity contribution in [3.8, 4) is 0 Å². The highest BCUT2D eigenvalue weighted by Gasteiger charge is 2.32. The molecule has 0 radical (unpaired) electrons. The van der Waals surface area contributed by atoms with Gasteiger partial charge in [-0.3, -0.25) is 4.68 Å². The van der Waals surface area contributed by atoms with Crippen molar-refractivity contribution in [3.05, 3.63) is 11.4 Å². The summed E-state index contributed by atoms with van der Waals surface area (Å²) < 4.78 is 29.2. The van der Waals surface area contributed by atoms with Crippen LogP contribution < -0.4 is 0 Å². The first-order valence-corrected chi connectivity index (χ1v) is 10.2. The van der Waals surface area contributed by atoms with E-state index < -0.39 is 10.0 Å². The van der Waals surface area contributed by atoms with E-state index in [2.05, 4.69) is 12.0 Å². The minimum Gasteiger partial charge on any atom is -0.267 e. The second-order valence-electron chi connectivity index (χ2n) is 5.80. The molecule has 0 saturated carbocycles. The van der Waals surface area contributed by atoms with Crippen molar-refractivity contribution in [2.75, 3.05) is 25.1 Å². The first-order chi connectivity index (χ1) is 9.87. The minimum absolute atomic E-state index is 0.415. The quantitative estimate of drug-likeness (QED) is 0.831. The van der Waals surface area contributed by atoms with E-state index in [1.54, 1.807) is 23.0 Å². The number of aryl methyl sites for hydroxylation is 2. The summed E-state index contributed by atoms with van der Waals surface area (Å²) in [5.41, 5.74) is 1.38. The molecular weight excluding hydrogens is 306 g/mol. The molecule has 21 heavy (non-hydrogen) atoms. The van der Waals surface area contributed by atoms with Gasteiger partial charge in [0.25, 0.3) is 0 Å². The van der Waals surface area contributed by atoms with Crippen molar-refractivity contribution < 1.29 is 8.42 Å². The predicted octanol–water partition coefficient (Wildman–Crippen LogP) is 2.28. The van der Waals surface area contributed by atoms with Gasteiger partial charge in [0, 0.05) is 18.8 Å². The van der Waals surface area contributed by atoms with E-state index in [4.69, 9.17) is 0 Å². The lowest BCUT2D eigenvalue weighted by Crippen LogP contribution is -2.38. The van der Waals surface area contributed by atoms with Crippen molar-refractivity contribution in [1.29, 1.82) is 0 Å². The number of aromatic nitrogens is 2. The third-order valence-corrected chi connectivity index (χ3v) is 6.91. The molecule has 120 valence electrons. The van der Waals surface area contributed by atoms with Crippen LogP contribution in [-0.4, -0.2) is 47.6 Å². The lowest BCUT2D eigenvalue weighted by molar-refractivity contribution is 0.288. The molecule has 5 nitrogen and oxygen atoms in total. The van der Waals surface area contributed by atoms with Crippen LogP contribution in [0.2, 0.25) is 0 Å². The Hall–Kier alpha value is -0.530. The number of nitrogens with zero attached hydrogens (tertiary/aromatic N) is 3. The van der Waals surface area contributed by atoms with Crippen LogP contribution >= 0.6 is 11.8 Å². The third-order valence-electron chi connectivity index (χ3n) is 4.16. The maximum absolute atomic E-state index is 12.9. The van der Waals surface area contributed by atoms with Crippen LogP contribution in [-0.2, 0) is 16.6 Å². The smallest absolute Gasteiger partial charge is 0.246 e. The Balaban J connectivity index is 2.29. The largest absolute Gasteiger partial charge is 0.267 e. The number of hydrogen-bond acceptors (Lipinski definition) is 4. The molecule has 1 aromatic rings. The van der Waals surface area contributed by atoms with E-state index in [1.165, 1.54) is 0 Å². The molecule has 2 rings (SSSR count). The maximum atomic E-state index is 12.9. The van der Waals surface area contributed by atoms with Crippen molar-refractivity contribution >= 4 is 21.8 Å². The van der Waals surface area contributed by atoms with Crippen molar-refractivity contribution in [1.82, 2.24) is 14.1 Å². The Morgan fingerprint density at radius 1 is 1.29 bits per heavy atom. The van der Waals surface area contributed by atoms with Gasteiger partial charge in [0.2, 0.25) is 10.0 Å². The second kappa shape index (κ2) is 6.71. The Morgan fingerprint density at radius 3 is 2.48 bits per heavy atom. The normalized spacial score (nSPS) is 18.3. The molecule has 2 heterocycles. The Labute approximate surface area is 132 Å². The standard InChI is InChI=1S/C14H25N3O2S2/c1-11-5-7-16(8-6-11)21(18,19)14-12(2)15-17(13(14)3)9-10-20-4/h11H,5-10H2,1-4H3. The van der Waals surface area contributed by atoms with Gasteiger partial charge in [0.15, 0.2) is 0 Å². The van der Waals surface area contributed by atoms with Crippen LogP contribution in [0.15, 0.2) is 4.90 Å². The molecule has 1 saturated heterocycles. The van der Waals surface area contributed by atoms with Gasteiger partial charge in [-0.05, 0) is 38.9 Å². The van der Waals surface area contributed by atoms with Gasteiger partial charge in [0.05, 0.1) is 17.9 Å². The molecule has 1 aliphatic rings. The molecule has 0 unspecified atom stereocenters. The summed E-state index contributed by atoms with van der Waals surface area (Å²) in [5.74, 6) is 1.55. The summed E-state index contributed by atoms with van der Waals surface area (Å²) in [4.78, 5) is 0.415. The minimum atomic E-state index is -3.41. The van der Waals surface area contributed by atoms with Crippen molar-refractivity contribution in [3.63, 3.8) is 0 Å². The first kappa shape index (κ1) is 16.8. The van der Waals surface area contributed by atoms with Crippen LogP contribution in [0.5, 0.6) is 0 Å². The van der Waals surface area contributed by atoms with E-state index in [9.17, 15) is 8.42 Å². The molecular formula is C14H25N3O2S2. The van der Waals surface area contributed by atoms with Gasteiger partial charge >= 0.3 is 0 Å². The Kier molecular flexibility index (Phi) is 5.38. The zero-order chi connectivity index (χ0) is 15.6. The third kappa shape index (κ3) is 3.46. The molecule has 0 aromatic carbocycles. The second-order valence-corrected chi connectivity index (χ2v) is 8.66. The molecule has 0 N–H and O–H groups in total. The van der Waals surface area contributed by atoms with Crippen LogP contribution in [0.3, 0.4) is 0 Å². The molecule has 0 aliphatic carbocycles. The summed E-state index contributed by atoms with van der Waals surface area (Å²) in [5, 5.41) is 4.42. The summed E-state index contributed by atoms with van der Waals surface area (Å²) in [6.07, 6.45) is 3.92. The van der Waals surface area contributed by atoms with Gasteiger partial charge in [-0.25, -0.2) is 8.42 Å². The van der Waals surface area contributed by atoms with Gasteiger partial charge in [-0.15, -0.1) is 0 Å². The summed E-state index contributed by atoms with van der Waals surface area (Å²) in [6, 6.07) is 0. The van der Waals surface area contributed by atoms with E-state index in [0.29, 0.717) is 29.6 Å². The van der Waals surface area contributed by atoms with E-state index >= 15 is 0 Å². The zero-order valence-electron chi connectivity index (χ0n) is 13.3. The molecule has 1 fully saturated rings. The highest BCUT2D eigenvalue weighted by atomic mass is 32.2. The molecule has 0 atom stereocenters. The van der Waals surface area contributed by atoms with Gasteiger partial charge < -0.3 is 0 Å². The lowest BCUT2D eigenvalue weighted by atomic mass is 10.0. The fourth-order valence-corrected chi connectivity index (χ4v) is 5.00. The van der Waals surface area contributed by atoms with Crippen molar-refractivity contribution in [2.45, 2.75) is 45.1 Å². The summed E-state index contributed by atoms with van der Waals surface area (Å²) >= 11 is 1.74. The van der Waals surface area contributed by atoms with Crippen LogP contribution in [0.1, 0.15) is 31.2 Å². The summed E-state index contributed by atoms with van der Waals surface area (Å²) in [7, 11) is -3.41. The van der Waals surface area contributed by atoms with Crippen LogP contribution in [0.4, 0.5) is 0 Å². The lowest BCUT2D eigenvalue weighted by Gasteiger charge is -2.29. The number of piperidine rings is 1. The predicted molar refractivity (Wildman–Crippen MR) is 87.2 cm³/mol. The van der Waals surface area contributed by atoms with E-state index in [0.717, 1.165) is 30.8 Å². The average molecular weight is 332 g/mol. The molecule has 1 aromatic heterocycles.